The minimum atomic E-state index is -5.17. The molecule has 0 fully saturated rings. The van der Waals surface area contributed by atoms with E-state index in [4.69, 9.17) is 23.9 Å². The summed E-state index contributed by atoms with van der Waals surface area (Å²) in [4.78, 5) is 2.19. The highest BCUT2D eigenvalue weighted by atomic mass is 32.3. The zero-order chi connectivity index (χ0) is 10.9. The highest BCUT2D eigenvalue weighted by molar-refractivity contribution is 7.79. The van der Waals surface area contributed by atoms with Gasteiger partial charge in [-0.05, 0) is 13.1 Å². The lowest BCUT2D eigenvalue weighted by molar-refractivity contribution is 0.342. The van der Waals surface area contributed by atoms with Crippen molar-refractivity contribution in [1.82, 2.24) is 4.90 Å². The van der Waals surface area contributed by atoms with Crippen LogP contribution in [0, 0.1) is 12.3 Å². The van der Waals surface area contributed by atoms with E-state index in [9.17, 15) is 0 Å². The zero-order valence-corrected chi connectivity index (χ0v) is 8.50. The maximum atomic E-state index is 8.52. The van der Waals surface area contributed by atoms with Gasteiger partial charge in [0, 0.05) is 10.4 Å². The van der Waals surface area contributed by atoms with Crippen LogP contribution in [0.2, 0.25) is 0 Å². The second-order valence-corrected chi connectivity index (χ2v) is 2.89. The van der Waals surface area contributed by atoms with Crippen molar-refractivity contribution < 1.29 is 17.5 Å². The van der Waals surface area contributed by atoms with Crippen molar-refractivity contribution in [1.29, 1.82) is 0 Å². The molecular weight excluding hydrogens is 194 g/mol. The standard InChI is InChI=1S/C7H13N.H2O4S/c1-4-7-8(5-2)6-3;1-5(2,3)4/h1H,5-7H2,2-3H3;(H2,1,2,3,4)/p-2. The van der Waals surface area contributed by atoms with Gasteiger partial charge in [-0.25, -0.2) is 0 Å². The number of terminal acetylenes is 1. The fraction of sp³-hybridized carbons (Fsp3) is 0.714. The summed E-state index contributed by atoms with van der Waals surface area (Å²) in [6.07, 6.45) is 5.09. The number of hydrogen-bond acceptors (Lipinski definition) is 5. The summed E-state index contributed by atoms with van der Waals surface area (Å²) in [6, 6.07) is 0. The van der Waals surface area contributed by atoms with Gasteiger partial charge in [-0.2, -0.15) is 0 Å². The van der Waals surface area contributed by atoms with E-state index in [0.29, 0.717) is 0 Å². The summed E-state index contributed by atoms with van der Waals surface area (Å²) in [5.41, 5.74) is 0. The Labute approximate surface area is 79.3 Å². The zero-order valence-electron chi connectivity index (χ0n) is 7.69. The van der Waals surface area contributed by atoms with Gasteiger partial charge in [0.15, 0.2) is 0 Å². The Morgan fingerprint density at radius 3 is 1.69 bits per heavy atom. The molecule has 5 nitrogen and oxygen atoms in total. The van der Waals surface area contributed by atoms with Gasteiger partial charge in [0.05, 0.1) is 6.54 Å². The van der Waals surface area contributed by atoms with E-state index in [1.807, 2.05) is 0 Å². The Hall–Kier alpha value is -0.610. The van der Waals surface area contributed by atoms with Crippen LogP contribution in [0.4, 0.5) is 0 Å². The number of rotatable bonds is 3. The van der Waals surface area contributed by atoms with Crippen LogP contribution in [-0.4, -0.2) is 42.1 Å². The lowest BCUT2D eigenvalue weighted by Crippen LogP contribution is -2.22. The highest BCUT2D eigenvalue weighted by Crippen LogP contribution is 1.81. The molecule has 6 heteroatoms. The van der Waals surface area contributed by atoms with E-state index in [1.165, 1.54) is 0 Å². The van der Waals surface area contributed by atoms with Gasteiger partial charge in [0.1, 0.15) is 0 Å². The minimum absolute atomic E-state index is 0.785. The third-order valence-electron chi connectivity index (χ3n) is 1.21. The third-order valence-corrected chi connectivity index (χ3v) is 1.21. The van der Waals surface area contributed by atoms with E-state index >= 15 is 0 Å². The molecular formula is C7H13NO4S-2. The van der Waals surface area contributed by atoms with Gasteiger partial charge < -0.3 is 9.11 Å². The van der Waals surface area contributed by atoms with Gasteiger partial charge in [0.25, 0.3) is 0 Å². The van der Waals surface area contributed by atoms with Crippen molar-refractivity contribution in [3.63, 3.8) is 0 Å². The molecule has 0 saturated carbocycles. The predicted octanol–water partition coefficient (Wildman–Crippen LogP) is -0.377. The summed E-state index contributed by atoms with van der Waals surface area (Å²) in [5, 5.41) is 0. The Balaban J connectivity index is 0. The molecule has 0 radical (unpaired) electrons. The van der Waals surface area contributed by atoms with Gasteiger partial charge >= 0.3 is 0 Å². The van der Waals surface area contributed by atoms with Crippen LogP contribution in [0.3, 0.4) is 0 Å². The third kappa shape index (κ3) is 24.6. The molecule has 0 bridgehead atoms. The van der Waals surface area contributed by atoms with E-state index in [0.717, 1.165) is 19.6 Å². The summed E-state index contributed by atoms with van der Waals surface area (Å²) in [7, 11) is -5.17. The first kappa shape index (κ1) is 14.9. The van der Waals surface area contributed by atoms with Crippen molar-refractivity contribution in [2.75, 3.05) is 19.6 Å². The summed E-state index contributed by atoms with van der Waals surface area (Å²) >= 11 is 0. The van der Waals surface area contributed by atoms with E-state index < -0.39 is 10.4 Å². The van der Waals surface area contributed by atoms with Crippen molar-refractivity contribution in [3.05, 3.63) is 0 Å². The molecule has 0 aromatic carbocycles. The van der Waals surface area contributed by atoms with Crippen LogP contribution in [0.15, 0.2) is 0 Å². The average Bonchev–Trinajstić information content (AvgIpc) is 1.97. The lowest BCUT2D eigenvalue weighted by Gasteiger charge is -2.12. The molecule has 13 heavy (non-hydrogen) atoms. The average molecular weight is 207 g/mol. The molecule has 0 spiro atoms. The smallest absolute Gasteiger partial charge is 0.0598 e. The van der Waals surface area contributed by atoms with Crippen molar-refractivity contribution >= 4 is 10.4 Å². The van der Waals surface area contributed by atoms with Crippen LogP contribution in [0.1, 0.15) is 13.8 Å². The largest absolute Gasteiger partial charge is 0.759 e. The minimum Gasteiger partial charge on any atom is -0.759 e. The molecule has 0 saturated heterocycles. The Bertz CT molecular complexity index is 230. The molecule has 0 rings (SSSR count). The summed E-state index contributed by atoms with van der Waals surface area (Å²) < 4.78 is 34.1. The topological polar surface area (TPSA) is 83.5 Å². The molecule has 0 aromatic heterocycles. The van der Waals surface area contributed by atoms with Crippen LogP contribution >= 0.6 is 0 Å². The van der Waals surface area contributed by atoms with E-state index in [1.54, 1.807) is 0 Å². The van der Waals surface area contributed by atoms with Gasteiger partial charge in [-0.15, -0.1) is 6.42 Å². The molecule has 0 aliphatic carbocycles. The first-order valence-corrected chi connectivity index (χ1v) is 5.01. The fourth-order valence-corrected chi connectivity index (χ4v) is 0.576. The Kier molecular flexibility index (Phi) is 9.17. The molecule has 0 unspecified atom stereocenters. The van der Waals surface area contributed by atoms with Gasteiger partial charge in [-0.3, -0.25) is 13.3 Å². The SMILES string of the molecule is C#CCN(CC)CC.O=S(=O)([O-])[O-]. The second-order valence-electron chi connectivity index (χ2n) is 2.07. The maximum absolute atomic E-state index is 8.52. The van der Waals surface area contributed by atoms with Gasteiger partial charge in [0.2, 0.25) is 0 Å². The van der Waals surface area contributed by atoms with E-state index in [2.05, 4.69) is 24.7 Å². The quantitative estimate of drug-likeness (QED) is 0.358. The predicted molar refractivity (Wildman–Crippen MR) is 47.1 cm³/mol. The van der Waals surface area contributed by atoms with Crippen LogP contribution in [0.25, 0.3) is 0 Å². The van der Waals surface area contributed by atoms with Gasteiger partial charge in [-0.1, -0.05) is 19.8 Å². The normalized spacial score (nSPS) is 10.2. The summed E-state index contributed by atoms with van der Waals surface area (Å²) in [6.45, 7) is 7.12. The van der Waals surface area contributed by atoms with Crippen molar-refractivity contribution in [2.45, 2.75) is 13.8 Å². The van der Waals surface area contributed by atoms with Crippen LogP contribution in [0.5, 0.6) is 0 Å². The highest BCUT2D eigenvalue weighted by Gasteiger charge is 1.91. The molecule has 0 amide bonds. The molecule has 78 valence electrons. The lowest BCUT2D eigenvalue weighted by atomic mass is 10.5. The second kappa shape index (κ2) is 8.01. The molecule has 0 heterocycles. The first-order valence-electron chi connectivity index (χ1n) is 3.67. The maximum Gasteiger partial charge on any atom is 0.0598 e. The van der Waals surface area contributed by atoms with Crippen LogP contribution in [-0.2, 0) is 10.4 Å². The monoisotopic (exact) mass is 207 g/mol. The fourth-order valence-electron chi connectivity index (χ4n) is 0.576. The molecule has 0 atom stereocenters. The molecule has 0 aliphatic rings. The molecule has 0 N–H and O–H groups in total. The van der Waals surface area contributed by atoms with Crippen molar-refractivity contribution in [2.24, 2.45) is 0 Å². The number of hydrogen-bond donors (Lipinski definition) is 0. The first-order chi connectivity index (χ1) is 5.85. The summed E-state index contributed by atoms with van der Waals surface area (Å²) in [5.74, 6) is 2.60. The molecule has 0 aromatic rings. The number of nitrogens with zero attached hydrogens (tertiary/aromatic N) is 1. The van der Waals surface area contributed by atoms with Crippen LogP contribution < -0.4 is 0 Å². The Morgan fingerprint density at radius 2 is 1.62 bits per heavy atom. The van der Waals surface area contributed by atoms with E-state index in [-0.39, 0.29) is 0 Å². The van der Waals surface area contributed by atoms with Crippen molar-refractivity contribution in [3.8, 4) is 12.3 Å². The molecule has 0 aliphatic heterocycles. The Morgan fingerprint density at radius 1 is 1.31 bits per heavy atom.